The minimum absolute atomic E-state index is 0.0801. The zero-order valence-corrected chi connectivity index (χ0v) is 18.8. The van der Waals surface area contributed by atoms with Crippen molar-refractivity contribution in [3.63, 3.8) is 0 Å². The van der Waals surface area contributed by atoms with Gasteiger partial charge in [0.05, 0.1) is 11.0 Å². The fourth-order valence-corrected chi connectivity index (χ4v) is 3.82. The molecule has 1 aromatic heterocycles. The van der Waals surface area contributed by atoms with Crippen molar-refractivity contribution in [2.75, 3.05) is 0 Å². The number of imidazole rings is 1. The summed E-state index contributed by atoms with van der Waals surface area (Å²) in [5, 5.41) is 2.95. The molecule has 0 aliphatic carbocycles. The number of amides is 1. The average Bonchev–Trinajstić information content (AvgIpc) is 3.16. The number of para-hydroxylation sites is 1. The Kier molecular flexibility index (Phi) is 6.55. The first kappa shape index (κ1) is 21.6. The third-order valence-electron chi connectivity index (χ3n) is 5.35. The monoisotopic (exact) mass is 427 g/mol. The van der Waals surface area contributed by atoms with Gasteiger partial charge in [0.1, 0.15) is 5.75 Å². The number of ether oxygens (including phenoxy) is 1. The third kappa shape index (κ3) is 4.99. The van der Waals surface area contributed by atoms with Gasteiger partial charge in [-0.3, -0.25) is 4.79 Å². The minimum atomic E-state index is -0.242. The van der Waals surface area contributed by atoms with Crippen LogP contribution in [0.25, 0.3) is 11.0 Å². The lowest BCUT2D eigenvalue weighted by Crippen LogP contribution is -2.29. The van der Waals surface area contributed by atoms with Gasteiger partial charge in [0.15, 0.2) is 11.9 Å². The van der Waals surface area contributed by atoms with Gasteiger partial charge in [-0.2, -0.15) is 0 Å². The van der Waals surface area contributed by atoms with Crippen molar-refractivity contribution < 1.29 is 9.53 Å². The summed E-state index contributed by atoms with van der Waals surface area (Å²) >= 11 is 0. The highest BCUT2D eigenvalue weighted by Crippen LogP contribution is 2.26. The summed E-state index contributed by atoms with van der Waals surface area (Å²) in [7, 11) is 0. The molecule has 0 saturated heterocycles. The van der Waals surface area contributed by atoms with E-state index in [1.54, 1.807) is 0 Å². The first-order valence-electron chi connectivity index (χ1n) is 11.1. The summed E-state index contributed by atoms with van der Waals surface area (Å²) in [6.07, 6.45) is 0.640. The lowest BCUT2D eigenvalue weighted by Gasteiger charge is -2.17. The second kappa shape index (κ2) is 9.69. The zero-order chi connectivity index (χ0) is 22.5. The highest BCUT2D eigenvalue weighted by molar-refractivity contribution is 5.97. The van der Waals surface area contributed by atoms with E-state index < -0.39 is 0 Å². The molecule has 0 spiro atoms. The van der Waals surface area contributed by atoms with Crippen molar-refractivity contribution in [1.82, 2.24) is 14.9 Å². The van der Waals surface area contributed by atoms with Crippen molar-refractivity contribution >= 4 is 16.9 Å². The molecule has 1 atom stereocenters. The fraction of sp³-hybridized carbons (Fsp3) is 0.259. The second-order valence-corrected chi connectivity index (χ2v) is 8.26. The van der Waals surface area contributed by atoms with Crippen LogP contribution in [0.5, 0.6) is 5.75 Å². The Labute approximate surface area is 189 Å². The number of nitrogens with one attached hydrogen (secondary N) is 1. The Hall–Kier alpha value is -3.60. The normalized spacial score (nSPS) is 12.1. The Morgan fingerprint density at radius 2 is 1.66 bits per heavy atom. The van der Waals surface area contributed by atoms with Gasteiger partial charge < -0.3 is 14.6 Å². The van der Waals surface area contributed by atoms with Crippen LogP contribution >= 0.6 is 0 Å². The van der Waals surface area contributed by atoms with Gasteiger partial charge in [0, 0.05) is 18.2 Å². The summed E-state index contributed by atoms with van der Waals surface area (Å²) in [5.74, 6) is 1.57. The van der Waals surface area contributed by atoms with Crippen LogP contribution in [0.15, 0.2) is 78.9 Å². The number of fused-ring (bicyclic) bond motifs is 1. The van der Waals surface area contributed by atoms with Crippen molar-refractivity contribution in [3.8, 4) is 5.75 Å². The molecular weight excluding hydrogens is 398 g/mol. The van der Waals surface area contributed by atoms with Gasteiger partial charge in [-0.15, -0.1) is 0 Å². The van der Waals surface area contributed by atoms with Crippen molar-refractivity contribution in [2.24, 2.45) is 0 Å². The second-order valence-electron chi connectivity index (χ2n) is 8.26. The summed E-state index contributed by atoms with van der Waals surface area (Å²) in [6.45, 7) is 6.69. The molecule has 0 aliphatic heterocycles. The predicted molar refractivity (Wildman–Crippen MR) is 128 cm³/mol. The highest BCUT2D eigenvalue weighted by Gasteiger charge is 2.19. The van der Waals surface area contributed by atoms with E-state index in [1.165, 1.54) is 5.56 Å². The Morgan fingerprint density at radius 3 is 2.34 bits per heavy atom. The molecule has 0 radical (unpaired) electrons. The lowest BCUT2D eigenvalue weighted by atomic mass is 10.1. The number of carbonyl (C=O) groups is 1. The van der Waals surface area contributed by atoms with E-state index in [-0.39, 0.29) is 18.1 Å². The number of aromatic nitrogens is 2. The van der Waals surface area contributed by atoms with E-state index in [9.17, 15) is 4.79 Å². The Balaban J connectivity index is 1.69. The topological polar surface area (TPSA) is 56.1 Å². The van der Waals surface area contributed by atoms with Crippen LogP contribution in [0.1, 0.15) is 48.6 Å². The molecule has 164 valence electrons. The molecule has 5 nitrogen and oxygen atoms in total. The molecule has 0 fully saturated rings. The van der Waals surface area contributed by atoms with Gasteiger partial charge >= 0.3 is 0 Å². The van der Waals surface area contributed by atoms with Crippen LogP contribution in [-0.4, -0.2) is 21.5 Å². The number of rotatable bonds is 8. The van der Waals surface area contributed by atoms with Crippen molar-refractivity contribution in [2.45, 2.75) is 45.9 Å². The number of hydrogen-bond acceptors (Lipinski definition) is 3. The molecule has 0 aliphatic rings. The lowest BCUT2D eigenvalue weighted by molar-refractivity contribution is 0.0943. The first-order chi connectivity index (χ1) is 15.5. The SMILES string of the molecule is CC(C)NC(=O)c1ccc2c(c1)nc(C(C)Oc1ccccc1)n2CCc1ccccc1. The van der Waals surface area contributed by atoms with Gasteiger partial charge in [0.2, 0.25) is 0 Å². The quantitative estimate of drug-likeness (QED) is 0.401. The average molecular weight is 428 g/mol. The number of aryl methyl sites for hydroxylation is 2. The van der Waals surface area contributed by atoms with Crippen LogP contribution in [0.2, 0.25) is 0 Å². The van der Waals surface area contributed by atoms with Gasteiger partial charge in [-0.05, 0) is 63.1 Å². The van der Waals surface area contributed by atoms with Crippen LogP contribution in [0, 0.1) is 0 Å². The standard InChI is InChI=1S/C27H29N3O2/c1-19(2)28-27(31)22-14-15-25-24(18-22)29-26(20(3)32-23-12-8-5-9-13-23)30(25)17-16-21-10-6-4-7-11-21/h4-15,18-20H,16-17H2,1-3H3,(H,28,31). The predicted octanol–water partition coefficient (Wildman–Crippen LogP) is 5.56. The molecule has 5 heteroatoms. The maximum Gasteiger partial charge on any atom is 0.251 e. The fourth-order valence-electron chi connectivity index (χ4n) is 3.82. The molecule has 3 aromatic carbocycles. The van der Waals surface area contributed by atoms with E-state index in [0.29, 0.717) is 5.56 Å². The molecule has 0 saturated carbocycles. The molecule has 1 N–H and O–H groups in total. The summed E-state index contributed by atoms with van der Waals surface area (Å²) < 4.78 is 8.40. The largest absolute Gasteiger partial charge is 0.483 e. The Bertz CT molecular complexity index is 1180. The van der Waals surface area contributed by atoms with Crippen molar-refractivity contribution in [1.29, 1.82) is 0 Å². The molecule has 4 rings (SSSR count). The maximum atomic E-state index is 12.5. The van der Waals surface area contributed by atoms with E-state index in [1.807, 2.05) is 75.4 Å². The summed E-state index contributed by atoms with van der Waals surface area (Å²) in [4.78, 5) is 17.4. The van der Waals surface area contributed by atoms with E-state index in [0.717, 1.165) is 35.6 Å². The first-order valence-corrected chi connectivity index (χ1v) is 11.1. The third-order valence-corrected chi connectivity index (χ3v) is 5.35. The van der Waals surface area contributed by atoms with Crippen LogP contribution in [0.4, 0.5) is 0 Å². The minimum Gasteiger partial charge on any atom is -0.483 e. The molecule has 1 heterocycles. The van der Waals surface area contributed by atoms with E-state index >= 15 is 0 Å². The van der Waals surface area contributed by atoms with E-state index in [2.05, 4.69) is 34.1 Å². The number of carbonyl (C=O) groups excluding carboxylic acids is 1. The van der Waals surface area contributed by atoms with Gasteiger partial charge in [-0.1, -0.05) is 48.5 Å². The van der Waals surface area contributed by atoms with Crippen molar-refractivity contribution in [3.05, 3.63) is 95.8 Å². The maximum absolute atomic E-state index is 12.5. The number of benzene rings is 3. The van der Waals surface area contributed by atoms with Gasteiger partial charge in [-0.25, -0.2) is 4.98 Å². The number of nitrogens with zero attached hydrogens (tertiary/aromatic N) is 2. The Morgan fingerprint density at radius 1 is 0.969 bits per heavy atom. The van der Waals surface area contributed by atoms with Gasteiger partial charge in [0.25, 0.3) is 5.91 Å². The summed E-state index contributed by atoms with van der Waals surface area (Å²) in [5.41, 5.74) is 3.68. The van der Waals surface area contributed by atoms with Crippen LogP contribution < -0.4 is 10.1 Å². The highest BCUT2D eigenvalue weighted by atomic mass is 16.5. The molecule has 4 aromatic rings. The molecular formula is C27H29N3O2. The molecule has 0 bridgehead atoms. The molecule has 32 heavy (non-hydrogen) atoms. The summed E-state index contributed by atoms with van der Waals surface area (Å²) in [6, 6.07) is 26.0. The number of hydrogen-bond donors (Lipinski definition) is 1. The molecule has 1 amide bonds. The van der Waals surface area contributed by atoms with Crippen LogP contribution in [0.3, 0.4) is 0 Å². The van der Waals surface area contributed by atoms with E-state index in [4.69, 9.17) is 9.72 Å². The smallest absolute Gasteiger partial charge is 0.251 e. The van der Waals surface area contributed by atoms with Crippen LogP contribution in [-0.2, 0) is 13.0 Å². The zero-order valence-electron chi connectivity index (χ0n) is 18.8. The molecule has 1 unspecified atom stereocenters.